The Morgan fingerprint density at radius 2 is 1.77 bits per heavy atom. The zero-order valence-corrected chi connectivity index (χ0v) is 15.9. The first-order valence-corrected chi connectivity index (χ1v) is 9.70. The van der Waals surface area contributed by atoms with Gasteiger partial charge >= 0.3 is 0 Å². The molecule has 1 aliphatic heterocycles. The normalized spacial score (nSPS) is 19.9. The zero-order chi connectivity index (χ0) is 18.5. The van der Waals surface area contributed by atoms with Crippen molar-refractivity contribution < 1.29 is 4.79 Å². The van der Waals surface area contributed by atoms with E-state index in [2.05, 4.69) is 62.4 Å². The Balaban J connectivity index is 1.58. The summed E-state index contributed by atoms with van der Waals surface area (Å²) in [4.78, 5) is 14.7. The fourth-order valence-electron chi connectivity index (χ4n) is 3.87. The molecule has 2 atom stereocenters. The van der Waals surface area contributed by atoms with E-state index in [0.717, 1.165) is 19.5 Å². The van der Waals surface area contributed by atoms with E-state index >= 15 is 0 Å². The van der Waals surface area contributed by atoms with Gasteiger partial charge in [0.05, 0.1) is 0 Å². The third-order valence-corrected chi connectivity index (χ3v) is 5.60. The van der Waals surface area contributed by atoms with Crippen LogP contribution in [-0.2, 0) is 11.2 Å². The quantitative estimate of drug-likeness (QED) is 0.857. The second-order valence-corrected chi connectivity index (χ2v) is 7.71. The van der Waals surface area contributed by atoms with E-state index < -0.39 is 0 Å². The average Bonchev–Trinajstić information content (AvgIpc) is 3.11. The van der Waals surface area contributed by atoms with Gasteiger partial charge < -0.3 is 10.6 Å². The predicted octanol–water partition coefficient (Wildman–Crippen LogP) is 3.94. The summed E-state index contributed by atoms with van der Waals surface area (Å²) >= 11 is 0. The molecule has 0 saturated carbocycles. The Labute approximate surface area is 157 Å². The van der Waals surface area contributed by atoms with Crippen molar-refractivity contribution in [2.45, 2.75) is 38.5 Å². The molecule has 1 fully saturated rings. The number of nitrogens with two attached hydrogens (primary N) is 1. The second-order valence-electron chi connectivity index (χ2n) is 7.71. The van der Waals surface area contributed by atoms with Crippen LogP contribution in [0.4, 0.5) is 0 Å². The number of rotatable bonds is 6. The molecule has 1 saturated heterocycles. The molecule has 26 heavy (non-hydrogen) atoms. The van der Waals surface area contributed by atoms with E-state index in [-0.39, 0.29) is 5.91 Å². The van der Waals surface area contributed by atoms with Crippen LogP contribution in [-0.4, -0.2) is 30.4 Å². The lowest BCUT2D eigenvalue weighted by Crippen LogP contribution is -2.30. The standard InChI is InChI=1S/C23H30N2O/c1-17(2)19-11-8-18(9-12-19)10-13-23(26)25-15-21(14-24)22(16-25)20-6-4-3-5-7-20/h3-9,11-12,17,21-22H,10,13-16,24H2,1-2H3/t21-,22+/m1/s1. The number of hydrogen-bond donors (Lipinski definition) is 1. The summed E-state index contributed by atoms with van der Waals surface area (Å²) in [6.07, 6.45) is 1.37. The van der Waals surface area contributed by atoms with Crippen LogP contribution in [0.5, 0.6) is 0 Å². The van der Waals surface area contributed by atoms with Gasteiger partial charge in [-0.2, -0.15) is 0 Å². The van der Waals surface area contributed by atoms with Crippen LogP contribution in [0.25, 0.3) is 0 Å². The summed E-state index contributed by atoms with van der Waals surface area (Å²) in [6.45, 7) is 6.59. The minimum absolute atomic E-state index is 0.245. The Bertz CT molecular complexity index is 709. The van der Waals surface area contributed by atoms with Gasteiger partial charge in [0.25, 0.3) is 0 Å². The molecule has 138 valence electrons. The molecular weight excluding hydrogens is 320 g/mol. The Hall–Kier alpha value is -2.13. The smallest absolute Gasteiger partial charge is 0.222 e. The van der Waals surface area contributed by atoms with E-state index in [9.17, 15) is 4.79 Å². The van der Waals surface area contributed by atoms with E-state index in [4.69, 9.17) is 5.73 Å². The fraction of sp³-hybridized carbons (Fsp3) is 0.435. The third kappa shape index (κ3) is 4.34. The van der Waals surface area contributed by atoms with Crippen molar-refractivity contribution in [3.05, 3.63) is 71.3 Å². The monoisotopic (exact) mass is 350 g/mol. The number of amides is 1. The van der Waals surface area contributed by atoms with E-state index in [0.29, 0.717) is 30.7 Å². The van der Waals surface area contributed by atoms with E-state index in [1.165, 1.54) is 16.7 Å². The molecule has 0 radical (unpaired) electrons. The molecule has 0 bridgehead atoms. The molecule has 2 N–H and O–H groups in total. The average molecular weight is 351 g/mol. The SMILES string of the molecule is CC(C)c1ccc(CCC(=O)N2C[C@@H](CN)[C@H](c3ccccc3)C2)cc1. The fourth-order valence-corrected chi connectivity index (χ4v) is 3.87. The highest BCUT2D eigenvalue weighted by Crippen LogP contribution is 2.32. The number of carbonyl (C=O) groups excluding carboxylic acids is 1. The molecule has 0 unspecified atom stereocenters. The highest BCUT2D eigenvalue weighted by Gasteiger charge is 2.34. The molecular formula is C23H30N2O. The van der Waals surface area contributed by atoms with Crippen molar-refractivity contribution in [3.63, 3.8) is 0 Å². The first-order valence-electron chi connectivity index (χ1n) is 9.70. The van der Waals surface area contributed by atoms with Crippen LogP contribution in [0.2, 0.25) is 0 Å². The predicted molar refractivity (Wildman–Crippen MR) is 107 cm³/mol. The lowest BCUT2D eigenvalue weighted by molar-refractivity contribution is -0.130. The maximum Gasteiger partial charge on any atom is 0.222 e. The molecule has 0 aromatic heterocycles. The Morgan fingerprint density at radius 3 is 2.38 bits per heavy atom. The largest absolute Gasteiger partial charge is 0.342 e. The van der Waals surface area contributed by atoms with Gasteiger partial charge in [0.2, 0.25) is 5.91 Å². The Kier molecular flexibility index (Phi) is 6.10. The number of aryl methyl sites for hydroxylation is 1. The van der Waals surface area contributed by atoms with Gasteiger partial charge in [-0.3, -0.25) is 4.79 Å². The third-order valence-electron chi connectivity index (χ3n) is 5.60. The molecule has 0 spiro atoms. The van der Waals surface area contributed by atoms with E-state index in [1.807, 2.05) is 11.0 Å². The first kappa shape index (κ1) is 18.7. The van der Waals surface area contributed by atoms with Crippen molar-refractivity contribution in [2.75, 3.05) is 19.6 Å². The van der Waals surface area contributed by atoms with Gasteiger partial charge in [0.15, 0.2) is 0 Å². The topological polar surface area (TPSA) is 46.3 Å². The molecule has 1 amide bonds. The Morgan fingerprint density at radius 1 is 1.08 bits per heavy atom. The number of likely N-dealkylation sites (tertiary alicyclic amines) is 1. The maximum absolute atomic E-state index is 12.7. The summed E-state index contributed by atoms with van der Waals surface area (Å²) in [7, 11) is 0. The van der Waals surface area contributed by atoms with Gasteiger partial charge in [-0.1, -0.05) is 68.4 Å². The van der Waals surface area contributed by atoms with Crippen LogP contribution >= 0.6 is 0 Å². The lowest BCUT2D eigenvalue weighted by atomic mass is 9.89. The number of nitrogens with zero attached hydrogens (tertiary/aromatic N) is 1. The minimum atomic E-state index is 0.245. The van der Waals surface area contributed by atoms with Crippen molar-refractivity contribution in [3.8, 4) is 0 Å². The first-order chi connectivity index (χ1) is 12.6. The maximum atomic E-state index is 12.7. The van der Waals surface area contributed by atoms with Crippen molar-refractivity contribution in [1.82, 2.24) is 4.90 Å². The molecule has 1 aliphatic rings. The van der Waals surface area contributed by atoms with E-state index in [1.54, 1.807) is 0 Å². The highest BCUT2D eigenvalue weighted by atomic mass is 16.2. The molecule has 3 rings (SSSR count). The highest BCUT2D eigenvalue weighted by molar-refractivity contribution is 5.77. The number of carbonyl (C=O) groups is 1. The number of hydrogen-bond acceptors (Lipinski definition) is 2. The van der Waals surface area contributed by atoms with Crippen LogP contribution in [0.3, 0.4) is 0 Å². The van der Waals surface area contributed by atoms with Crippen LogP contribution in [0.1, 0.15) is 48.8 Å². The van der Waals surface area contributed by atoms with Gasteiger partial charge in [-0.25, -0.2) is 0 Å². The van der Waals surface area contributed by atoms with Gasteiger partial charge in [0.1, 0.15) is 0 Å². The summed E-state index contributed by atoms with van der Waals surface area (Å²) in [6, 6.07) is 19.1. The summed E-state index contributed by atoms with van der Waals surface area (Å²) in [5.41, 5.74) is 9.86. The van der Waals surface area contributed by atoms with Gasteiger partial charge in [-0.05, 0) is 41.5 Å². The zero-order valence-electron chi connectivity index (χ0n) is 15.9. The summed E-state index contributed by atoms with van der Waals surface area (Å²) in [5, 5.41) is 0. The molecule has 2 aromatic rings. The molecule has 0 aliphatic carbocycles. The minimum Gasteiger partial charge on any atom is -0.342 e. The molecule has 3 nitrogen and oxygen atoms in total. The summed E-state index contributed by atoms with van der Waals surface area (Å²) < 4.78 is 0. The van der Waals surface area contributed by atoms with Crippen LogP contribution in [0, 0.1) is 5.92 Å². The lowest BCUT2D eigenvalue weighted by Gasteiger charge is -2.17. The van der Waals surface area contributed by atoms with Crippen LogP contribution < -0.4 is 5.73 Å². The van der Waals surface area contributed by atoms with Crippen molar-refractivity contribution in [2.24, 2.45) is 11.7 Å². The van der Waals surface area contributed by atoms with Crippen molar-refractivity contribution >= 4 is 5.91 Å². The van der Waals surface area contributed by atoms with Crippen LogP contribution in [0.15, 0.2) is 54.6 Å². The summed E-state index contributed by atoms with van der Waals surface area (Å²) in [5.74, 6) is 1.50. The number of benzene rings is 2. The van der Waals surface area contributed by atoms with Gasteiger partial charge in [0, 0.05) is 25.4 Å². The molecule has 1 heterocycles. The van der Waals surface area contributed by atoms with Gasteiger partial charge in [-0.15, -0.1) is 0 Å². The molecule has 3 heteroatoms. The van der Waals surface area contributed by atoms with Crippen molar-refractivity contribution in [1.29, 1.82) is 0 Å². The second kappa shape index (κ2) is 8.50. The molecule has 2 aromatic carbocycles.